The van der Waals surface area contributed by atoms with Gasteiger partial charge in [0.25, 0.3) is 5.52 Å². The van der Waals surface area contributed by atoms with Crippen LogP contribution in [0, 0.1) is 0 Å². The first-order valence-corrected chi connectivity index (χ1v) is 16.1. The molecule has 35 heavy (non-hydrogen) atoms. The fraction of sp³-hybridized carbons (Fsp3) is 0.0625. The number of hydrogen-bond donors (Lipinski definition) is 0. The van der Waals surface area contributed by atoms with Gasteiger partial charge >= 0.3 is 0 Å². The normalized spacial score (nSPS) is 18.9. The molecule has 1 atom stereocenters. The number of benzene rings is 5. The third-order valence-electron chi connectivity index (χ3n) is 7.73. The average molecular weight is 488 g/mol. The molecule has 1 fully saturated rings. The Kier molecular flexibility index (Phi) is 4.92. The molecular formula is C32H27NP2+2. The van der Waals surface area contributed by atoms with Crippen LogP contribution < -0.4 is 31.4 Å². The van der Waals surface area contributed by atoms with Crippen LogP contribution >= 0.6 is 14.5 Å². The lowest BCUT2D eigenvalue weighted by molar-refractivity contribution is 0.937. The van der Waals surface area contributed by atoms with Crippen LogP contribution in [0.4, 0.5) is 5.69 Å². The molecule has 0 bridgehead atoms. The van der Waals surface area contributed by atoms with Crippen LogP contribution in [-0.4, -0.2) is 11.8 Å². The molecule has 3 heteroatoms. The second-order valence-corrected chi connectivity index (χ2v) is 16.8. The largest absolute Gasteiger partial charge is 0.269 e. The number of rotatable bonds is 4. The highest BCUT2D eigenvalue weighted by atomic mass is 31.2. The summed E-state index contributed by atoms with van der Waals surface area (Å²) in [5, 5.41) is 7.56. The first-order chi connectivity index (χ1) is 17.4. The van der Waals surface area contributed by atoms with E-state index >= 15 is 0 Å². The molecule has 0 aromatic heterocycles. The average Bonchev–Trinajstić information content (AvgIpc) is 3.17. The zero-order chi connectivity index (χ0) is 23.3. The van der Waals surface area contributed by atoms with Crippen molar-refractivity contribution in [2.75, 3.05) is 11.2 Å². The van der Waals surface area contributed by atoms with E-state index in [0.29, 0.717) is 5.52 Å². The Labute approximate surface area is 208 Å². The quantitative estimate of drug-likeness (QED) is 0.293. The fourth-order valence-electron chi connectivity index (χ4n) is 6.35. The fourth-order valence-corrected chi connectivity index (χ4v) is 19.4. The summed E-state index contributed by atoms with van der Waals surface area (Å²) < 4.78 is 0. The minimum absolute atomic E-state index is 0.432. The molecule has 1 saturated heterocycles. The predicted molar refractivity (Wildman–Crippen MR) is 155 cm³/mol. The zero-order valence-electron chi connectivity index (χ0n) is 19.5. The van der Waals surface area contributed by atoms with E-state index in [1.807, 2.05) is 0 Å². The van der Waals surface area contributed by atoms with Crippen LogP contribution in [0.5, 0.6) is 0 Å². The molecule has 5 aromatic rings. The first-order valence-electron chi connectivity index (χ1n) is 12.2. The monoisotopic (exact) mass is 487 g/mol. The molecule has 2 aliphatic rings. The Morgan fingerprint density at radius 1 is 0.457 bits per heavy atom. The molecule has 0 saturated carbocycles. The van der Waals surface area contributed by atoms with Crippen LogP contribution in [0.1, 0.15) is 0 Å². The molecule has 0 aliphatic carbocycles. The van der Waals surface area contributed by atoms with E-state index in [2.05, 4.69) is 150 Å². The molecule has 7 rings (SSSR count). The van der Waals surface area contributed by atoms with Gasteiger partial charge in [-0.05, 0) is 60.7 Å². The van der Waals surface area contributed by atoms with Gasteiger partial charge in [-0.15, -0.1) is 0 Å². The number of anilines is 1. The highest BCUT2D eigenvalue weighted by Gasteiger charge is 2.81. The van der Waals surface area contributed by atoms with E-state index < -0.39 is 14.5 Å². The maximum Gasteiger partial charge on any atom is 0.269 e. The third-order valence-corrected chi connectivity index (χ3v) is 18.5. The van der Waals surface area contributed by atoms with Crippen molar-refractivity contribution < 1.29 is 0 Å². The van der Waals surface area contributed by atoms with Gasteiger partial charge in [0.2, 0.25) is 0 Å². The molecule has 2 aliphatic heterocycles. The van der Waals surface area contributed by atoms with Gasteiger partial charge in [-0.25, -0.2) is 0 Å². The van der Waals surface area contributed by atoms with Gasteiger partial charge in [-0.1, -0.05) is 84.9 Å². The second kappa shape index (κ2) is 8.17. The lowest BCUT2D eigenvalue weighted by Gasteiger charge is -2.49. The molecule has 0 unspecified atom stereocenters. The Balaban J connectivity index is 1.61. The van der Waals surface area contributed by atoms with Crippen LogP contribution in [-0.2, 0) is 0 Å². The number of para-hydroxylation sites is 1. The summed E-state index contributed by atoms with van der Waals surface area (Å²) in [6.45, 7) is 0. The van der Waals surface area contributed by atoms with E-state index in [4.69, 9.17) is 0 Å². The highest BCUT2D eigenvalue weighted by Crippen LogP contribution is 2.87. The molecule has 0 amide bonds. The van der Waals surface area contributed by atoms with Crippen molar-refractivity contribution in [2.45, 2.75) is 5.52 Å². The first kappa shape index (κ1) is 21.1. The Hall–Kier alpha value is -3.24. The molecule has 168 valence electrons. The lowest BCUT2D eigenvalue weighted by Crippen LogP contribution is -2.58. The molecule has 1 nitrogen and oxygen atoms in total. The minimum Gasteiger partial charge on any atom is -0.267 e. The highest BCUT2D eigenvalue weighted by molar-refractivity contribution is 8.10. The molecule has 0 spiro atoms. The van der Waals surface area contributed by atoms with Gasteiger partial charge in [0.15, 0.2) is 20.8 Å². The summed E-state index contributed by atoms with van der Waals surface area (Å²) in [5.74, 6) is 0. The Bertz CT molecular complexity index is 1390. The van der Waals surface area contributed by atoms with Gasteiger partial charge in [0.05, 0.1) is 5.69 Å². The molecule has 5 aromatic carbocycles. The van der Waals surface area contributed by atoms with Crippen LogP contribution in [0.2, 0.25) is 0 Å². The summed E-state index contributed by atoms with van der Waals surface area (Å²) in [6, 6.07) is 54.9. The lowest BCUT2D eigenvalue weighted by atomic mass is 10.3. The van der Waals surface area contributed by atoms with Crippen LogP contribution in [0.15, 0.2) is 146 Å². The van der Waals surface area contributed by atoms with Gasteiger partial charge in [0, 0.05) is 0 Å². The van der Waals surface area contributed by atoms with Crippen LogP contribution in [0.3, 0.4) is 0 Å². The summed E-state index contributed by atoms with van der Waals surface area (Å²) in [4.78, 5) is 2.76. The summed E-state index contributed by atoms with van der Waals surface area (Å²) in [7, 11) is -3.72. The van der Waals surface area contributed by atoms with E-state index in [1.165, 1.54) is 32.2 Å². The van der Waals surface area contributed by atoms with Gasteiger partial charge < -0.3 is 0 Å². The van der Waals surface area contributed by atoms with Crippen molar-refractivity contribution in [2.24, 2.45) is 0 Å². The zero-order valence-corrected chi connectivity index (χ0v) is 21.3. The predicted octanol–water partition coefficient (Wildman–Crippen LogP) is 5.72. The van der Waals surface area contributed by atoms with Crippen molar-refractivity contribution in [1.82, 2.24) is 0 Å². The Morgan fingerprint density at radius 2 is 0.857 bits per heavy atom. The maximum atomic E-state index is 2.76. The van der Waals surface area contributed by atoms with Crippen molar-refractivity contribution in [3.05, 3.63) is 146 Å². The molecular weight excluding hydrogens is 460 g/mol. The van der Waals surface area contributed by atoms with Crippen molar-refractivity contribution >= 4 is 46.7 Å². The Morgan fingerprint density at radius 3 is 1.34 bits per heavy atom. The number of hydrogen-bond acceptors (Lipinski definition) is 1. The SMILES string of the molecule is c1ccc([P+]2(c3ccccc3)CN3c4ccccc4[P+](c4ccccc4)(c4ccccc4)[C@H]32)cc1. The minimum atomic E-state index is -1.98. The second-order valence-electron chi connectivity index (χ2n) is 9.38. The summed E-state index contributed by atoms with van der Waals surface area (Å²) >= 11 is 0. The maximum absolute atomic E-state index is 2.76. The van der Waals surface area contributed by atoms with E-state index in [-0.39, 0.29) is 0 Å². The smallest absolute Gasteiger partial charge is 0.267 e. The third kappa shape index (κ3) is 2.83. The van der Waals surface area contributed by atoms with E-state index in [9.17, 15) is 0 Å². The van der Waals surface area contributed by atoms with Gasteiger partial charge in [-0.2, -0.15) is 0 Å². The van der Waals surface area contributed by atoms with Gasteiger partial charge in [-0.3, -0.25) is 4.90 Å². The van der Waals surface area contributed by atoms with Crippen molar-refractivity contribution in [3.63, 3.8) is 0 Å². The molecule has 0 N–H and O–H groups in total. The topological polar surface area (TPSA) is 3.24 Å². The summed E-state index contributed by atoms with van der Waals surface area (Å²) in [5.41, 5.74) is 1.86. The van der Waals surface area contributed by atoms with Crippen molar-refractivity contribution in [3.8, 4) is 0 Å². The summed E-state index contributed by atoms with van der Waals surface area (Å²) in [6.07, 6.45) is 1.10. The number of nitrogens with zero attached hydrogens (tertiary/aromatic N) is 1. The van der Waals surface area contributed by atoms with Crippen molar-refractivity contribution in [1.29, 1.82) is 0 Å². The molecule has 2 heterocycles. The molecule has 0 radical (unpaired) electrons. The standard InChI is InChI=1S/C32H27NP2/c1-5-15-26(16-6-1)34(27-17-7-2-8-18-27)25-33-30-23-13-14-24-31(30)35(32(33)34,28-19-9-3-10-20-28)29-21-11-4-12-22-29/h1-24,32H,25H2/q+2/t32-/m1/s1. The van der Waals surface area contributed by atoms with E-state index in [0.717, 1.165) is 6.29 Å². The van der Waals surface area contributed by atoms with Crippen LogP contribution in [0.25, 0.3) is 0 Å². The van der Waals surface area contributed by atoms with E-state index in [1.54, 1.807) is 0 Å². The number of fused-ring (bicyclic) bond motifs is 3. The van der Waals surface area contributed by atoms with Gasteiger partial charge in [0.1, 0.15) is 26.5 Å².